The van der Waals surface area contributed by atoms with Crippen LogP contribution in [0, 0.1) is 5.92 Å². The molecule has 0 aromatic heterocycles. The van der Waals surface area contributed by atoms with Crippen molar-refractivity contribution in [1.82, 2.24) is 10.2 Å². The van der Waals surface area contributed by atoms with E-state index in [1.54, 1.807) is 31.4 Å². The highest BCUT2D eigenvalue weighted by atomic mass is 16.5. The third-order valence-corrected chi connectivity index (χ3v) is 5.64. The van der Waals surface area contributed by atoms with E-state index in [9.17, 15) is 9.59 Å². The molecule has 2 aromatic carbocycles. The van der Waals surface area contributed by atoms with Crippen LogP contribution >= 0.6 is 0 Å². The zero-order valence-electron chi connectivity index (χ0n) is 18.7. The molecule has 31 heavy (non-hydrogen) atoms. The maximum Gasteiger partial charge on any atom is 0.251 e. The zero-order chi connectivity index (χ0) is 22.2. The Hall–Kier alpha value is -2.86. The summed E-state index contributed by atoms with van der Waals surface area (Å²) >= 11 is 0. The summed E-state index contributed by atoms with van der Waals surface area (Å²) in [6, 6.07) is 14.2. The second-order valence-electron chi connectivity index (χ2n) is 8.45. The first-order valence-electron chi connectivity index (χ1n) is 11.0. The topological polar surface area (TPSA) is 70.7 Å². The molecule has 2 amide bonds. The summed E-state index contributed by atoms with van der Waals surface area (Å²) in [5.74, 6) is 0.125. The number of rotatable bonds is 8. The number of ether oxygens (including phenoxy) is 1. The Morgan fingerprint density at radius 1 is 1.03 bits per heavy atom. The molecule has 6 heteroatoms. The zero-order valence-corrected chi connectivity index (χ0v) is 18.7. The molecule has 1 aliphatic rings. The molecule has 0 saturated carbocycles. The molecule has 166 valence electrons. The summed E-state index contributed by atoms with van der Waals surface area (Å²) in [6.45, 7) is 7.00. The minimum atomic E-state index is -0.639. The van der Waals surface area contributed by atoms with Gasteiger partial charge in [-0.25, -0.2) is 0 Å². The molecule has 1 heterocycles. The van der Waals surface area contributed by atoms with Gasteiger partial charge in [-0.1, -0.05) is 32.4 Å². The van der Waals surface area contributed by atoms with E-state index in [2.05, 4.69) is 21.6 Å². The third-order valence-electron chi connectivity index (χ3n) is 5.64. The summed E-state index contributed by atoms with van der Waals surface area (Å²) in [5.41, 5.74) is 2.43. The predicted octanol–water partition coefficient (Wildman–Crippen LogP) is 4.07. The smallest absolute Gasteiger partial charge is 0.251 e. The molecule has 1 saturated heterocycles. The highest BCUT2D eigenvalue weighted by molar-refractivity contribution is 6.01. The molecule has 1 fully saturated rings. The number of carbonyl (C=O) groups is 2. The van der Waals surface area contributed by atoms with Crippen LogP contribution in [0.3, 0.4) is 0 Å². The summed E-state index contributed by atoms with van der Waals surface area (Å²) in [6.07, 6.45) is 3.81. The number of hydrogen-bond donors (Lipinski definition) is 2. The van der Waals surface area contributed by atoms with Gasteiger partial charge in [-0.05, 0) is 73.8 Å². The normalized spacial score (nSPS) is 15.4. The Morgan fingerprint density at radius 2 is 1.74 bits per heavy atom. The molecular formula is C25H33N3O3. The lowest BCUT2D eigenvalue weighted by molar-refractivity contribution is -0.118. The van der Waals surface area contributed by atoms with Crippen molar-refractivity contribution in [3.8, 4) is 5.75 Å². The van der Waals surface area contributed by atoms with Crippen molar-refractivity contribution in [2.75, 3.05) is 25.5 Å². The number of piperidine rings is 1. The second-order valence-corrected chi connectivity index (χ2v) is 8.45. The number of benzene rings is 2. The van der Waals surface area contributed by atoms with Gasteiger partial charge in [0.2, 0.25) is 5.91 Å². The summed E-state index contributed by atoms with van der Waals surface area (Å²) in [5, 5.41) is 5.85. The Morgan fingerprint density at radius 3 is 2.39 bits per heavy atom. The molecule has 1 atom stereocenters. The number of anilines is 1. The van der Waals surface area contributed by atoms with Crippen LogP contribution in [0.5, 0.6) is 5.75 Å². The molecule has 0 spiro atoms. The molecule has 0 aliphatic carbocycles. The molecule has 2 N–H and O–H groups in total. The van der Waals surface area contributed by atoms with E-state index >= 15 is 0 Å². The van der Waals surface area contributed by atoms with Crippen molar-refractivity contribution < 1.29 is 14.3 Å². The number of nitrogens with one attached hydrogen (secondary N) is 2. The molecule has 6 nitrogen and oxygen atoms in total. The Labute approximate surface area is 185 Å². The standard InChI is InChI=1S/C25H33N3O3/c1-18(2)23(27-24(29)20-10-12-22(31-3)13-11-20)25(30)26-21-9-7-8-19(16-21)17-28-14-5-4-6-15-28/h7-13,16,18,23H,4-6,14-15,17H2,1-3H3,(H,26,30)(H,27,29). The van der Waals surface area contributed by atoms with Gasteiger partial charge in [0.05, 0.1) is 7.11 Å². The van der Waals surface area contributed by atoms with Gasteiger partial charge >= 0.3 is 0 Å². The molecule has 2 aromatic rings. The SMILES string of the molecule is COc1ccc(C(=O)NC(C(=O)Nc2cccc(CN3CCCCC3)c2)C(C)C)cc1. The summed E-state index contributed by atoms with van der Waals surface area (Å²) in [7, 11) is 1.58. The maximum atomic E-state index is 13.0. The summed E-state index contributed by atoms with van der Waals surface area (Å²) < 4.78 is 5.13. The van der Waals surface area contributed by atoms with Gasteiger partial charge in [-0.3, -0.25) is 14.5 Å². The lowest BCUT2D eigenvalue weighted by Gasteiger charge is -2.26. The average Bonchev–Trinajstić information content (AvgIpc) is 2.78. The van der Waals surface area contributed by atoms with Crippen LogP contribution in [0.1, 0.15) is 49.0 Å². The van der Waals surface area contributed by atoms with Crippen molar-refractivity contribution in [2.45, 2.75) is 45.7 Å². The van der Waals surface area contributed by atoms with E-state index in [1.165, 1.54) is 24.8 Å². The molecule has 3 rings (SSSR count). The van der Waals surface area contributed by atoms with Crippen LogP contribution in [0.4, 0.5) is 5.69 Å². The van der Waals surface area contributed by atoms with E-state index in [0.29, 0.717) is 11.3 Å². The van der Waals surface area contributed by atoms with Crippen molar-refractivity contribution >= 4 is 17.5 Å². The largest absolute Gasteiger partial charge is 0.497 e. The lowest BCUT2D eigenvalue weighted by atomic mass is 10.0. The van der Waals surface area contributed by atoms with Gasteiger partial charge in [0.25, 0.3) is 5.91 Å². The van der Waals surface area contributed by atoms with Crippen LogP contribution in [-0.4, -0.2) is 43.0 Å². The van der Waals surface area contributed by atoms with E-state index in [1.807, 2.05) is 32.0 Å². The first-order valence-corrected chi connectivity index (χ1v) is 11.0. The van der Waals surface area contributed by atoms with Gasteiger partial charge in [0.15, 0.2) is 0 Å². The predicted molar refractivity (Wildman–Crippen MR) is 123 cm³/mol. The Bertz CT molecular complexity index is 874. The fourth-order valence-corrected chi connectivity index (χ4v) is 3.85. The van der Waals surface area contributed by atoms with Gasteiger partial charge < -0.3 is 15.4 Å². The van der Waals surface area contributed by atoms with Crippen molar-refractivity contribution in [1.29, 1.82) is 0 Å². The first-order chi connectivity index (χ1) is 15.0. The fourth-order valence-electron chi connectivity index (χ4n) is 3.85. The van der Waals surface area contributed by atoms with Crippen LogP contribution in [0.25, 0.3) is 0 Å². The Balaban J connectivity index is 1.63. The number of nitrogens with zero attached hydrogens (tertiary/aromatic N) is 1. The van der Waals surface area contributed by atoms with Gasteiger partial charge in [0.1, 0.15) is 11.8 Å². The van der Waals surface area contributed by atoms with Crippen LogP contribution in [-0.2, 0) is 11.3 Å². The van der Waals surface area contributed by atoms with Gasteiger partial charge in [-0.15, -0.1) is 0 Å². The number of likely N-dealkylation sites (tertiary alicyclic amines) is 1. The molecule has 1 aliphatic heterocycles. The number of amides is 2. The molecule has 0 radical (unpaired) electrons. The minimum Gasteiger partial charge on any atom is -0.497 e. The van der Waals surface area contributed by atoms with E-state index < -0.39 is 6.04 Å². The fraction of sp³-hybridized carbons (Fsp3) is 0.440. The van der Waals surface area contributed by atoms with E-state index in [-0.39, 0.29) is 17.7 Å². The van der Waals surface area contributed by atoms with Crippen LogP contribution in [0.2, 0.25) is 0 Å². The quantitative estimate of drug-likeness (QED) is 0.671. The lowest BCUT2D eigenvalue weighted by Crippen LogP contribution is -2.47. The monoisotopic (exact) mass is 423 g/mol. The van der Waals surface area contributed by atoms with E-state index in [0.717, 1.165) is 25.3 Å². The van der Waals surface area contributed by atoms with E-state index in [4.69, 9.17) is 4.74 Å². The summed E-state index contributed by atoms with van der Waals surface area (Å²) in [4.78, 5) is 28.1. The molecule has 1 unspecified atom stereocenters. The van der Waals surface area contributed by atoms with Gasteiger partial charge in [-0.2, -0.15) is 0 Å². The minimum absolute atomic E-state index is 0.0567. The number of hydrogen-bond acceptors (Lipinski definition) is 4. The maximum absolute atomic E-state index is 13.0. The van der Waals surface area contributed by atoms with Crippen molar-refractivity contribution in [3.63, 3.8) is 0 Å². The highest BCUT2D eigenvalue weighted by Crippen LogP contribution is 2.17. The molecular weight excluding hydrogens is 390 g/mol. The van der Waals surface area contributed by atoms with Crippen LogP contribution < -0.4 is 15.4 Å². The second kappa shape index (κ2) is 11.0. The highest BCUT2D eigenvalue weighted by Gasteiger charge is 2.25. The Kier molecular flexibility index (Phi) is 8.06. The number of carbonyl (C=O) groups excluding carboxylic acids is 2. The third kappa shape index (κ3) is 6.56. The van der Waals surface area contributed by atoms with Crippen molar-refractivity contribution in [2.24, 2.45) is 5.92 Å². The average molecular weight is 424 g/mol. The van der Waals surface area contributed by atoms with Crippen molar-refractivity contribution in [3.05, 3.63) is 59.7 Å². The number of methoxy groups -OCH3 is 1. The first kappa shape index (κ1) is 22.8. The molecule has 0 bridgehead atoms. The van der Waals surface area contributed by atoms with Crippen LogP contribution in [0.15, 0.2) is 48.5 Å². The van der Waals surface area contributed by atoms with Gasteiger partial charge in [0, 0.05) is 17.8 Å².